The van der Waals surface area contributed by atoms with Crippen LogP contribution in [-0.4, -0.2) is 33.9 Å². The smallest absolute Gasteiger partial charge is 0.323 e. The summed E-state index contributed by atoms with van der Waals surface area (Å²) in [6, 6.07) is 11.8. The van der Waals surface area contributed by atoms with E-state index < -0.39 is 6.04 Å². The lowest BCUT2D eigenvalue weighted by Gasteiger charge is -2.16. The third-order valence-corrected chi connectivity index (χ3v) is 4.20. The number of pyridine rings is 1. The zero-order valence-electron chi connectivity index (χ0n) is 14.9. The number of methoxy groups -OCH3 is 1. The van der Waals surface area contributed by atoms with Gasteiger partial charge in [-0.15, -0.1) is 0 Å². The van der Waals surface area contributed by atoms with Crippen LogP contribution in [0.25, 0.3) is 11.1 Å². The molecule has 6 nitrogen and oxygen atoms in total. The Bertz CT molecular complexity index is 844. The fraction of sp³-hybridized carbons (Fsp3) is 0.250. The summed E-state index contributed by atoms with van der Waals surface area (Å²) >= 11 is 0. The van der Waals surface area contributed by atoms with Gasteiger partial charge in [0.25, 0.3) is 0 Å². The van der Waals surface area contributed by atoms with E-state index in [0.29, 0.717) is 13.0 Å². The van der Waals surface area contributed by atoms with Gasteiger partial charge in [-0.3, -0.25) is 14.5 Å². The van der Waals surface area contributed by atoms with Crippen molar-refractivity contribution in [1.29, 1.82) is 0 Å². The van der Waals surface area contributed by atoms with Crippen LogP contribution in [0.5, 0.6) is 0 Å². The number of esters is 1. The number of hydrogen-bond donors (Lipinski definition) is 1. The van der Waals surface area contributed by atoms with Gasteiger partial charge in [0.1, 0.15) is 6.04 Å². The van der Waals surface area contributed by atoms with Crippen LogP contribution in [0.2, 0.25) is 0 Å². The van der Waals surface area contributed by atoms with Crippen molar-refractivity contribution in [3.63, 3.8) is 0 Å². The maximum Gasteiger partial charge on any atom is 0.323 e. The van der Waals surface area contributed by atoms with Crippen molar-refractivity contribution in [1.82, 2.24) is 20.1 Å². The lowest BCUT2D eigenvalue weighted by atomic mass is 10.0. The molecule has 0 saturated carbocycles. The van der Waals surface area contributed by atoms with Gasteiger partial charge in [0.15, 0.2) is 0 Å². The summed E-state index contributed by atoms with van der Waals surface area (Å²) in [6.45, 7) is 0.580. The lowest BCUT2D eigenvalue weighted by Crippen LogP contribution is -2.39. The first kappa shape index (κ1) is 17.8. The highest BCUT2D eigenvalue weighted by molar-refractivity contribution is 5.76. The summed E-state index contributed by atoms with van der Waals surface area (Å²) in [5.74, 6) is -0.276. The Morgan fingerprint density at radius 3 is 2.42 bits per heavy atom. The predicted octanol–water partition coefficient (Wildman–Crippen LogP) is 2.36. The SMILES string of the molecule is COC(=O)C(Cc1cnn(C)c1)NCc1ccc(-c2ccncc2)cc1. The normalized spacial score (nSPS) is 11.9. The van der Waals surface area contributed by atoms with Crippen LogP contribution in [0.15, 0.2) is 61.2 Å². The molecule has 134 valence electrons. The number of carbonyl (C=O) groups is 1. The molecule has 2 heterocycles. The van der Waals surface area contributed by atoms with E-state index in [9.17, 15) is 4.79 Å². The highest BCUT2D eigenvalue weighted by Gasteiger charge is 2.19. The van der Waals surface area contributed by atoms with Crippen LogP contribution < -0.4 is 5.32 Å². The molecule has 0 spiro atoms. The molecule has 1 N–H and O–H groups in total. The van der Waals surface area contributed by atoms with E-state index in [0.717, 1.165) is 22.3 Å². The third-order valence-electron chi connectivity index (χ3n) is 4.20. The van der Waals surface area contributed by atoms with Gasteiger partial charge in [0, 0.05) is 38.6 Å². The Labute approximate surface area is 152 Å². The highest BCUT2D eigenvalue weighted by Crippen LogP contribution is 2.18. The molecule has 1 unspecified atom stereocenters. The first-order valence-electron chi connectivity index (χ1n) is 8.44. The summed E-state index contributed by atoms with van der Waals surface area (Å²) in [5, 5.41) is 7.43. The van der Waals surface area contributed by atoms with Crippen LogP contribution in [0.1, 0.15) is 11.1 Å². The van der Waals surface area contributed by atoms with Gasteiger partial charge in [-0.25, -0.2) is 0 Å². The molecule has 0 radical (unpaired) electrons. The van der Waals surface area contributed by atoms with Crippen molar-refractivity contribution in [2.45, 2.75) is 19.0 Å². The maximum absolute atomic E-state index is 12.1. The van der Waals surface area contributed by atoms with Crippen molar-refractivity contribution in [2.24, 2.45) is 7.05 Å². The number of ether oxygens (including phenoxy) is 1. The molecule has 0 bridgehead atoms. The lowest BCUT2D eigenvalue weighted by molar-refractivity contribution is -0.143. The molecule has 1 atom stereocenters. The summed E-state index contributed by atoms with van der Waals surface area (Å²) < 4.78 is 6.65. The van der Waals surface area contributed by atoms with Crippen LogP contribution in [-0.2, 0) is 29.5 Å². The van der Waals surface area contributed by atoms with Crippen molar-refractivity contribution >= 4 is 5.97 Å². The zero-order chi connectivity index (χ0) is 18.4. The quantitative estimate of drug-likeness (QED) is 0.663. The van der Waals surface area contributed by atoms with E-state index in [1.165, 1.54) is 7.11 Å². The van der Waals surface area contributed by atoms with Gasteiger partial charge in [0.05, 0.1) is 13.3 Å². The minimum Gasteiger partial charge on any atom is -0.468 e. The van der Waals surface area contributed by atoms with Gasteiger partial charge in [-0.05, 0) is 34.4 Å². The van der Waals surface area contributed by atoms with Gasteiger partial charge in [0.2, 0.25) is 0 Å². The average molecular weight is 350 g/mol. The Morgan fingerprint density at radius 1 is 1.12 bits per heavy atom. The van der Waals surface area contributed by atoms with E-state index in [1.807, 2.05) is 25.4 Å². The minimum absolute atomic E-state index is 0.276. The largest absolute Gasteiger partial charge is 0.468 e. The summed E-state index contributed by atoms with van der Waals surface area (Å²) in [6.07, 6.45) is 7.77. The number of rotatable bonds is 7. The number of nitrogens with zero attached hydrogens (tertiary/aromatic N) is 3. The molecule has 26 heavy (non-hydrogen) atoms. The molecule has 3 aromatic rings. The first-order valence-corrected chi connectivity index (χ1v) is 8.44. The topological polar surface area (TPSA) is 69.0 Å². The Kier molecular flexibility index (Phi) is 5.76. The van der Waals surface area contributed by atoms with E-state index in [2.05, 4.69) is 39.7 Å². The summed E-state index contributed by atoms with van der Waals surface area (Å²) in [7, 11) is 3.26. The average Bonchev–Trinajstić information content (AvgIpc) is 3.10. The zero-order valence-corrected chi connectivity index (χ0v) is 14.9. The predicted molar refractivity (Wildman–Crippen MR) is 99.2 cm³/mol. The molecule has 0 aliphatic heterocycles. The highest BCUT2D eigenvalue weighted by atomic mass is 16.5. The van der Waals surface area contributed by atoms with Gasteiger partial charge < -0.3 is 10.1 Å². The van der Waals surface area contributed by atoms with E-state index >= 15 is 0 Å². The second-order valence-electron chi connectivity index (χ2n) is 6.12. The Hall–Kier alpha value is -2.99. The standard InChI is InChI=1S/C20H22N4O2/c1-24-14-16(13-23-24)11-19(20(25)26-2)22-12-15-3-5-17(6-4-15)18-7-9-21-10-8-18/h3-10,13-14,19,22H,11-12H2,1-2H3. The van der Waals surface area contributed by atoms with Crippen LogP contribution in [0.3, 0.4) is 0 Å². The Balaban J connectivity index is 1.64. The van der Waals surface area contributed by atoms with Crippen molar-refractivity contribution in [2.75, 3.05) is 7.11 Å². The summed E-state index contributed by atoms with van der Waals surface area (Å²) in [4.78, 5) is 16.1. The molecule has 2 aromatic heterocycles. The van der Waals surface area contributed by atoms with Crippen molar-refractivity contribution < 1.29 is 9.53 Å². The molecule has 3 rings (SSSR count). The molecular formula is C20H22N4O2. The Morgan fingerprint density at radius 2 is 1.81 bits per heavy atom. The number of nitrogens with one attached hydrogen (secondary N) is 1. The number of benzene rings is 1. The number of carbonyl (C=O) groups excluding carboxylic acids is 1. The summed E-state index contributed by atoms with van der Waals surface area (Å²) in [5.41, 5.74) is 4.35. The fourth-order valence-electron chi connectivity index (χ4n) is 2.79. The molecule has 1 aromatic carbocycles. The molecule has 0 aliphatic rings. The molecule has 0 saturated heterocycles. The number of aryl methyl sites for hydroxylation is 1. The van der Waals surface area contributed by atoms with E-state index in [-0.39, 0.29) is 5.97 Å². The molecule has 0 fully saturated rings. The van der Waals surface area contributed by atoms with E-state index in [1.54, 1.807) is 23.3 Å². The third kappa shape index (κ3) is 4.55. The van der Waals surface area contributed by atoms with Crippen LogP contribution >= 0.6 is 0 Å². The molecule has 0 amide bonds. The van der Waals surface area contributed by atoms with Gasteiger partial charge >= 0.3 is 5.97 Å². The van der Waals surface area contributed by atoms with Crippen molar-refractivity contribution in [3.8, 4) is 11.1 Å². The molecular weight excluding hydrogens is 328 g/mol. The first-order chi connectivity index (χ1) is 12.7. The second kappa shape index (κ2) is 8.40. The van der Waals surface area contributed by atoms with E-state index in [4.69, 9.17) is 4.74 Å². The van der Waals surface area contributed by atoms with Crippen LogP contribution in [0.4, 0.5) is 0 Å². The maximum atomic E-state index is 12.1. The van der Waals surface area contributed by atoms with Crippen molar-refractivity contribution in [3.05, 3.63) is 72.3 Å². The van der Waals surface area contributed by atoms with Gasteiger partial charge in [-0.2, -0.15) is 5.10 Å². The number of hydrogen-bond acceptors (Lipinski definition) is 5. The molecule has 0 aliphatic carbocycles. The van der Waals surface area contributed by atoms with Crippen LogP contribution in [0, 0.1) is 0 Å². The second-order valence-corrected chi connectivity index (χ2v) is 6.12. The fourth-order valence-corrected chi connectivity index (χ4v) is 2.79. The minimum atomic E-state index is -0.413. The number of aromatic nitrogens is 3. The van der Waals surface area contributed by atoms with Gasteiger partial charge in [-0.1, -0.05) is 24.3 Å². The molecule has 6 heteroatoms. The monoisotopic (exact) mass is 350 g/mol.